The summed E-state index contributed by atoms with van der Waals surface area (Å²) >= 11 is 0. The van der Waals surface area contributed by atoms with Gasteiger partial charge in [0.15, 0.2) is 0 Å². The van der Waals surface area contributed by atoms with E-state index in [1.165, 1.54) is 4.31 Å². The number of morpholine rings is 1. The molecule has 1 aliphatic carbocycles. The number of carboxylic acids is 1. The van der Waals surface area contributed by atoms with Crippen LogP contribution in [0.4, 0.5) is 0 Å². The molecule has 2 N–H and O–H groups in total. The Morgan fingerprint density at radius 1 is 1.42 bits per heavy atom. The number of hydrogen-bond donors (Lipinski definition) is 2. The second-order valence-electron chi connectivity index (χ2n) is 5.30. The van der Waals surface area contributed by atoms with Crippen LogP contribution < -0.4 is 4.72 Å². The van der Waals surface area contributed by atoms with E-state index < -0.39 is 27.6 Å². The van der Waals surface area contributed by atoms with Crippen LogP contribution in [0.15, 0.2) is 0 Å². The molecule has 110 valence electrons. The van der Waals surface area contributed by atoms with Crippen molar-refractivity contribution in [3.05, 3.63) is 0 Å². The van der Waals surface area contributed by atoms with E-state index in [0.717, 1.165) is 6.42 Å². The molecule has 0 bridgehead atoms. The Morgan fingerprint density at radius 3 is 2.63 bits per heavy atom. The van der Waals surface area contributed by atoms with Gasteiger partial charge < -0.3 is 9.84 Å². The standard InChI is InChI=1S/C11H20N2O5S/c1-11(10(14)15)4-2-3-9(11)12-19(16,17)13-5-7-18-8-6-13/h9,12H,2-8H2,1H3,(H,14,15). The number of nitrogens with zero attached hydrogens (tertiary/aromatic N) is 1. The minimum atomic E-state index is -3.63. The average molecular weight is 292 g/mol. The highest BCUT2D eigenvalue weighted by molar-refractivity contribution is 7.87. The monoisotopic (exact) mass is 292 g/mol. The number of hydrogen-bond acceptors (Lipinski definition) is 4. The Kier molecular flexibility index (Phi) is 4.14. The van der Waals surface area contributed by atoms with E-state index in [1.54, 1.807) is 6.92 Å². The molecule has 8 heteroatoms. The fourth-order valence-corrected chi connectivity index (χ4v) is 4.17. The van der Waals surface area contributed by atoms with Crippen LogP contribution in [0, 0.1) is 5.41 Å². The quantitative estimate of drug-likeness (QED) is 0.748. The second-order valence-corrected chi connectivity index (χ2v) is 7.00. The van der Waals surface area contributed by atoms with Crippen molar-refractivity contribution in [1.29, 1.82) is 0 Å². The highest BCUT2D eigenvalue weighted by Crippen LogP contribution is 2.38. The summed E-state index contributed by atoms with van der Waals surface area (Å²) in [7, 11) is -3.63. The van der Waals surface area contributed by atoms with Gasteiger partial charge in [0.2, 0.25) is 0 Å². The third-order valence-corrected chi connectivity index (χ3v) is 5.68. The van der Waals surface area contributed by atoms with Crippen molar-refractivity contribution in [2.75, 3.05) is 26.3 Å². The second kappa shape index (κ2) is 5.35. The van der Waals surface area contributed by atoms with Crippen molar-refractivity contribution in [3.63, 3.8) is 0 Å². The maximum Gasteiger partial charge on any atom is 0.310 e. The largest absolute Gasteiger partial charge is 0.481 e. The summed E-state index contributed by atoms with van der Waals surface area (Å²) in [5.74, 6) is -0.945. The van der Waals surface area contributed by atoms with Crippen LogP contribution in [0.3, 0.4) is 0 Å². The Labute approximate surface area is 113 Å². The lowest BCUT2D eigenvalue weighted by molar-refractivity contribution is -0.148. The summed E-state index contributed by atoms with van der Waals surface area (Å²) in [6.45, 7) is 2.98. The van der Waals surface area contributed by atoms with Crippen molar-refractivity contribution >= 4 is 16.2 Å². The smallest absolute Gasteiger partial charge is 0.310 e. The number of carbonyl (C=O) groups is 1. The van der Waals surface area contributed by atoms with Crippen molar-refractivity contribution in [1.82, 2.24) is 9.03 Å². The Bertz CT molecular complexity index is 446. The highest BCUT2D eigenvalue weighted by Gasteiger charge is 2.47. The van der Waals surface area contributed by atoms with Gasteiger partial charge in [-0.15, -0.1) is 0 Å². The molecule has 0 amide bonds. The molecule has 7 nitrogen and oxygen atoms in total. The first kappa shape index (κ1) is 14.7. The molecule has 0 aromatic rings. The molecule has 2 unspecified atom stereocenters. The highest BCUT2D eigenvalue weighted by atomic mass is 32.2. The van der Waals surface area contributed by atoms with Crippen molar-refractivity contribution in [3.8, 4) is 0 Å². The van der Waals surface area contributed by atoms with Gasteiger partial charge in [-0.1, -0.05) is 6.42 Å². The Balaban J connectivity index is 2.09. The van der Waals surface area contributed by atoms with Crippen LogP contribution >= 0.6 is 0 Å². The third kappa shape index (κ3) is 2.91. The maximum absolute atomic E-state index is 12.2. The zero-order valence-electron chi connectivity index (χ0n) is 11.0. The van der Waals surface area contributed by atoms with Crippen molar-refractivity contribution in [2.24, 2.45) is 5.41 Å². The minimum Gasteiger partial charge on any atom is -0.481 e. The Morgan fingerprint density at radius 2 is 2.05 bits per heavy atom. The van der Waals surface area contributed by atoms with Gasteiger partial charge in [0.1, 0.15) is 0 Å². The molecular weight excluding hydrogens is 272 g/mol. The van der Waals surface area contributed by atoms with Gasteiger partial charge in [-0.2, -0.15) is 17.4 Å². The zero-order valence-corrected chi connectivity index (χ0v) is 11.8. The number of ether oxygens (including phenoxy) is 1. The molecule has 1 aliphatic heterocycles. The van der Waals surface area contributed by atoms with Gasteiger partial charge in [-0.05, 0) is 19.8 Å². The SMILES string of the molecule is CC1(C(=O)O)CCCC1NS(=O)(=O)N1CCOCC1. The number of nitrogens with one attached hydrogen (secondary N) is 1. The van der Waals surface area contributed by atoms with Crippen molar-refractivity contribution in [2.45, 2.75) is 32.2 Å². The van der Waals surface area contributed by atoms with E-state index in [9.17, 15) is 18.3 Å². The van der Waals surface area contributed by atoms with Crippen molar-refractivity contribution < 1.29 is 23.1 Å². The molecule has 0 spiro atoms. The van der Waals surface area contributed by atoms with E-state index >= 15 is 0 Å². The van der Waals surface area contributed by atoms with E-state index in [0.29, 0.717) is 39.1 Å². The lowest BCUT2D eigenvalue weighted by atomic mass is 9.85. The van der Waals surface area contributed by atoms with Crippen LogP contribution in [0.2, 0.25) is 0 Å². The fraction of sp³-hybridized carbons (Fsp3) is 0.909. The minimum absolute atomic E-state index is 0.311. The lowest BCUT2D eigenvalue weighted by Crippen LogP contribution is -2.53. The van der Waals surface area contributed by atoms with Crippen LogP contribution in [0.25, 0.3) is 0 Å². The van der Waals surface area contributed by atoms with E-state index in [4.69, 9.17) is 4.74 Å². The molecule has 0 aromatic carbocycles. The van der Waals surface area contributed by atoms with Gasteiger partial charge in [0.05, 0.1) is 18.6 Å². The summed E-state index contributed by atoms with van der Waals surface area (Å²) < 4.78 is 33.4. The molecular formula is C11H20N2O5S. The van der Waals surface area contributed by atoms with Gasteiger partial charge >= 0.3 is 5.97 Å². The summed E-state index contributed by atoms with van der Waals surface area (Å²) in [5, 5.41) is 9.28. The third-order valence-electron chi connectivity index (χ3n) is 4.05. The first-order chi connectivity index (χ1) is 8.86. The molecule has 2 aliphatic rings. The van der Waals surface area contributed by atoms with Gasteiger partial charge in [-0.25, -0.2) is 0 Å². The summed E-state index contributed by atoms with van der Waals surface area (Å²) in [6.07, 6.45) is 1.78. The van der Waals surface area contributed by atoms with Gasteiger partial charge in [0, 0.05) is 19.1 Å². The first-order valence-corrected chi connectivity index (χ1v) is 7.89. The summed E-state index contributed by atoms with van der Waals surface area (Å²) in [5.41, 5.74) is -1.01. The molecule has 0 radical (unpaired) electrons. The van der Waals surface area contributed by atoms with Crippen LogP contribution in [-0.2, 0) is 19.7 Å². The van der Waals surface area contributed by atoms with Crippen LogP contribution in [-0.4, -0.2) is 56.1 Å². The van der Waals surface area contributed by atoms with Crippen LogP contribution in [0.5, 0.6) is 0 Å². The predicted octanol–water partition coefficient (Wildman–Crippen LogP) is -0.204. The molecule has 0 aromatic heterocycles. The molecule has 1 saturated heterocycles. The zero-order chi connectivity index (χ0) is 14.1. The molecule has 1 saturated carbocycles. The molecule has 1 heterocycles. The van der Waals surface area contributed by atoms with Gasteiger partial charge in [-0.3, -0.25) is 4.79 Å². The predicted molar refractivity (Wildman–Crippen MR) is 67.8 cm³/mol. The molecule has 2 rings (SSSR count). The molecule has 2 fully saturated rings. The topological polar surface area (TPSA) is 95.9 Å². The van der Waals surface area contributed by atoms with Crippen LogP contribution in [0.1, 0.15) is 26.2 Å². The normalized spacial score (nSPS) is 33.4. The van der Waals surface area contributed by atoms with Gasteiger partial charge in [0.25, 0.3) is 10.2 Å². The number of carboxylic acid groups (broad SMARTS) is 1. The molecule has 19 heavy (non-hydrogen) atoms. The maximum atomic E-state index is 12.2. The summed E-state index contributed by atoms with van der Waals surface area (Å²) in [6, 6.07) is -0.544. The fourth-order valence-electron chi connectivity index (χ4n) is 2.65. The first-order valence-electron chi connectivity index (χ1n) is 6.45. The Hall–Kier alpha value is -0.700. The summed E-state index contributed by atoms with van der Waals surface area (Å²) in [4.78, 5) is 11.3. The number of rotatable bonds is 4. The number of aliphatic carboxylic acids is 1. The average Bonchev–Trinajstić information content (AvgIpc) is 2.73. The van der Waals surface area contributed by atoms with E-state index in [2.05, 4.69) is 4.72 Å². The van der Waals surface area contributed by atoms with E-state index in [1.807, 2.05) is 0 Å². The lowest BCUT2D eigenvalue weighted by Gasteiger charge is -2.32. The van der Waals surface area contributed by atoms with E-state index in [-0.39, 0.29) is 0 Å². The molecule has 2 atom stereocenters.